The molecule has 0 aliphatic carbocycles. The monoisotopic (exact) mass is 333 g/mol. The zero-order chi connectivity index (χ0) is 17.1. The molecule has 7 heteroatoms. The van der Waals surface area contributed by atoms with E-state index in [0.29, 0.717) is 24.1 Å². The van der Waals surface area contributed by atoms with Gasteiger partial charge in [0.05, 0.1) is 5.56 Å². The van der Waals surface area contributed by atoms with E-state index in [9.17, 15) is 18.4 Å². The van der Waals surface area contributed by atoms with Crippen molar-refractivity contribution < 1.29 is 13.6 Å². The van der Waals surface area contributed by atoms with Gasteiger partial charge in [0.15, 0.2) is 11.6 Å². The Hall–Kier alpha value is -2.54. The molecular formula is C17H17F2N3O2. The minimum absolute atomic E-state index is 0.118. The van der Waals surface area contributed by atoms with Gasteiger partial charge in [-0.15, -0.1) is 0 Å². The molecule has 1 aromatic heterocycles. The molecule has 2 unspecified atom stereocenters. The topological polar surface area (TPSA) is 74.0 Å². The van der Waals surface area contributed by atoms with Gasteiger partial charge in [-0.05, 0) is 36.7 Å². The Morgan fingerprint density at radius 1 is 1.17 bits per heavy atom. The lowest BCUT2D eigenvalue weighted by Gasteiger charge is -2.33. The van der Waals surface area contributed by atoms with Crippen LogP contribution >= 0.6 is 0 Å². The van der Waals surface area contributed by atoms with E-state index in [1.54, 1.807) is 6.07 Å². The number of aromatic amines is 1. The minimum atomic E-state index is -0.892. The molecule has 24 heavy (non-hydrogen) atoms. The molecule has 0 spiro atoms. The van der Waals surface area contributed by atoms with Crippen LogP contribution in [0.25, 0.3) is 0 Å². The highest BCUT2D eigenvalue weighted by Gasteiger charge is 2.28. The van der Waals surface area contributed by atoms with Crippen molar-refractivity contribution in [3.05, 3.63) is 69.6 Å². The fourth-order valence-electron chi connectivity index (χ4n) is 2.96. The highest BCUT2D eigenvalue weighted by molar-refractivity contribution is 5.94. The van der Waals surface area contributed by atoms with Crippen molar-refractivity contribution in [3.63, 3.8) is 0 Å². The normalized spacial score (nSPS) is 20.6. The second-order valence-corrected chi connectivity index (χ2v) is 5.79. The zero-order valence-electron chi connectivity index (χ0n) is 12.8. The van der Waals surface area contributed by atoms with Crippen LogP contribution in [0.1, 0.15) is 28.3 Å². The second-order valence-electron chi connectivity index (χ2n) is 5.79. The average molecular weight is 333 g/mol. The van der Waals surface area contributed by atoms with Crippen LogP contribution in [0.15, 0.2) is 41.3 Å². The summed E-state index contributed by atoms with van der Waals surface area (Å²) in [7, 11) is 0. The van der Waals surface area contributed by atoms with Gasteiger partial charge in [-0.25, -0.2) is 8.78 Å². The molecule has 0 bridgehead atoms. The van der Waals surface area contributed by atoms with Crippen molar-refractivity contribution in [2.24, 2.45) is 0 Å². The third-order valence-electron chi connectivity index (χ3n) is 4.22. The largest absolute Gasteiger partial charge is 0.347 e. The Morgan fingerprint density at radius 2 is 2.00 bits per heavy atom. The van der Waals surface area contributed by atoms with Crippen LogP contribution in [0, 0.1) is 11.6 Å². The predicted molar refractivity (Wildman–Crippen MR) is 84.9 cm³/mol. The Morgan fingerprint density at radius 3 is 2.71 bits per heavy atom. The maximum absolute atomic E-state index is 13.5. The van der Waals surface area contributed by atoms with Gasteiger partial charge in [-0.2, -0.15) is 0 Å². The van der Waals surface area contributed by atoms with E-state index in [1.165, 1.54) is 24.4 Å². The molecule has 3 rings (SSSR count). The lowest BCUT2D eigenvalue weighted by atomic mass is 9.86. The number of benzene rings is 1. The molecule has 1 aromatic carbocycles. The summed E-state index contributed by atoms with van der Waals surface area (Å²) in [5.41, 5.74) is 0.705. The lowest BCUT2D eigenvalue weighted by molar-refractivity contribution is 0.0924. The predicted octanol–water partition coefficient (Wildman–Crippen LogP) is 1.53. The number of rotatable bonds is 3. The molecule has 1 aliphatic rings. The number of aromatic nitrogens is 1. The van der Waals surface area contributed by atoms with Crippen LogP contribution in [-0.4, -0.2) is 30.0 Å². The first-order valence-electron chi connectivity index (χ1n) is 7.70. The third kappa shape index (κ3) is 3.51. The summed E-state index contributed by atoms with van der Waals surface area (Å²) in [4.78, 5) is 25.8. The molecule has 1 amide bonds. The summed E-state index contributed by atoms with van der Waals surface area (Å²) in [6.07, 6.45) is 2.04. The summed E-state index contributed by atoms with van der Waals surface area (Å²) in [5, 5.41) is 6.08. The number of H-pyrrole nitrogens is 1. The summed E-state index contributed by atoms with van der Waals surface area (Å²) in [6, 6.07) is 6.30. The smallest absolute Gasteiger partial charge is 0.253 e. The van der Waals surface area contributed by atoms with Gasteiger partial charge in [-0.3, -0.25) is 9.59 Å². The van der Waals surface area contributed by atoms with E-state index in [4.69, 9.17) is 0 Å². The first-order chi connectivity index (χ1) is 11.5. The number of hydrogen-bond donors (Lipinski definition) is 3. The van der Waals surface area contributed by atoms with Crippen LogP contribution in [0.4, 0.5) is 8.78 Å². The average Bonchev–Trinajstić information content (AvgIpc) is 2.58. The summed E-state index contributed by atoms with van der Waals surface area (Å²) < 4.78 is 26.7. The SMILES string of the molecule is O=C(NC1CNCCC1c1ccc(F)c(F)c1)c1ccc(=O)[nH]c1. The molecule has 3 N–H and O–H groups in total. The van der Waals surface area contributed by atoms with Crippen LogP contribution in [0.3, 0.4) is 0 Å². The van der Waals surface area contributed by atoms with Crippen molar-refractivity contribution in [3.8, 4) is 0 Å². The van der Waals surface area contributed by atoms with Gasteiger partial charge in [0.25, 0.3) is 5.91 Å². The molecular weight excluding hydrogens is 316 g/mol. The Labute approximate surface area is 137 Å². The maximum atomic E-state index is 13.5. The number of nitrogens with one attached hydrogen (secondary N) is 3. The molecule has 5 nitrogen and oxygen atoms in total. The number of amides is 1. The standard InChI is InChI=1S/C17H17F2N3O2/c18-13-3-1-10(7-14(13)19)12-5-6-20-9-15(12)22-17(24)11-2-4-16(23)21-8-11/h1-4,7-8,12,15,20H,5-6,9H2,(H,21,23)(H,22,24). The van der Waals surface area contributed by atoms with Gasteiger partial charge in [0.2, 0.25) is 5.56 Å². The molecule has 0 radical (unpaired) electrons. The molecule has 1 saturated heterocycles. The van der Waals surface area contributed by atoms with Crippen molar-refractivity contribution in [1.29, 1.82) is 0 Å². The fourth-order valence-corrected chi connectivity index (χ4v) is 2.96. The van der Waals surface area contributed by atoms with E-state index in [-0.39, 0.29) is 23.4 Å². The third-order valence-corrected chi connectivity index (χ3v) is 4.22. The number of halogens is 2. The van der Waals surface area contributed by atoms with Gasteiger partial charge in [-0.1, -0.05) is 6.07 Å². The van der Waals surface area contributed by atoms with Crippen molar-refractivity contribution in [2.45, 2.75) is 18.4 Å². The molecule has 126 valence electrons. The van der Waals surface area contributed by atoms with Gasteiger partial charge in [0, 0.05) is 30.8 Å². The summed E-state index contributed by atoms with van der Waals surface area (Å²) in [5.74, 6) is -2.22. The van der Waals surface area contributed by atoms with Crippen molar-refractivity contribution >= 4 is 5.91 Å². The van der Waals surface area contributed by atoms with E-state index >= 15 is 0 Å². The Bertz CT molecular complexity index is 786. The maximum Gasteiger partial charge on any atom is 0.253 e. The van der Waals surface area contributed by atoms with E-state index in [2.05, 4.69) is 15.6 Å². The molecule has 2 atom stereocenters. The fraction of sp³-hybridized carbons (Fsp3) is 0.294. The first-order valence-corrected chi connectivity index (χ1v) is 7.70. The molecule has 2 aromatic rings. The van der Waals surface area contributed by atoms with Crippen LogP contribution in [0.5, 0.6) is 0 Å². The molecule has 0 saturated carbocycles. The van der Waals surface area contributed by atoms with E-state index in [0.717, 1.165) is 12.6 Å². The molecule has 2 heterocycles. The molecule has 1 aliphatic heterocycles. The number of carbonyl (C=O) groups excluding carboxylic acids is 1. The number of pyridine rings is 1. The van der Waals surface area contributed by atoms with E-state index < -0.39 is 11.6 Å². The second kappa shape index (κ2) is 6.92. The van der Waals surface area contributed by atoms with E-state index in [1.807, 2.05) is 0 Å². The highest BCUT2D eigenvalue weighted by atomic mass is 19.2. The number of carbonyl (C=O) groups is 1. The van der Waals surface area contributed by atoms with Crippen molar-refractivity contribution in [2.75, 3.05) is 13.1 Å². The zero-order valence-corrected chi connectivity index (χ0v) is 12.8. The minimum Gasteiger partial charge on any atom is -0.347 e. The number of piperidine rings is 1. The summed E-state index contributed by atoms with van der Waals surface area (Å²) in [6.45, 7) is 1.26. The quantitative estimate of drug-likeness (QED) is 0.797. The van der Waals surface area contributed by atoms with Crippen LogP contribution in [-0.2, 0) is 0 Å². The van der Waals surface area contributed by atoms with Gasteiger partial charge < -0.3 is 15.6 Å². The van der Waals surface area contributed by atoms with Crippen LogP contribution < -0.4 is 16.2 Å². The number of hydrogen-bond acceptors (Lipinski definition) is 3. The highest BCUT2D eigenvalue weighted by Crippen LogP contribution is 2.27. The summed E-state index contributed by atoms with van der Waals surface area (Å²) >= 11 is 0. The molecule has 1 fully saturated rings. The van der Waals surface area contributed by atoms with Gasteiger partial charge >= 0.3 is 0 Å². The Kier molecular flexibility index (Phi) is 4.71. The van der Waals surface area contributed by atoms with Crippen molar-refractivity contribution in [1.82, 2.24) is 15.6 Å². The first kappa shape index (κ1) is 16.3. The lowest BCUT2D eigenvalue weighted by Crippen LogP contribution is -2.50. The Balaban J connectivity index is 1.79. The van der Waals surface area contributed by atoms with Crippen LogP contribution in [0.2, 0.25) is 0 Å². The van der Waals surface area contributed by atoms with Gasteiger partial charge in [0.1, 0.15) is 0 Å².